The Kier molecular flexibility index (Phi) is 5.76. The molecule has 18 heavy (non-hydrogen) atoms. The number of carbonyl (C=O) groups excluding carboxylic acids is 1. The minimum absolute atomic E-state index is 0.0634. The molecule has 0 heterocycles. The zero-order chi connectivity index (χ0) is 13.7. The lowest BCUT2D eigenvalue weighted by Gasteiger charge is -2.28. The maximum Gasteiger partial charge on any atom is 0.159 e. The van der Waals surface area contributed by atoms with Crippen LogP contribution in [-0.2, 0) is 4.79 Å². The molecule has 3 atom stereocenters. The fourth-order valence-corrected chi connectivity index (χ4v) is 2.34. The number of hydrogen-bond donors (Lipinski definition) is 2. The van der Waals surface area contributed by atoms with Crippen molar-refractivity contribution in [2.24, 2.45) is 11.8 Å². The van der Waals surface area contributed by atoms with Crippen LogP contribution in [0.1, 0.15) is 40.0 Å². The Balaban J connectivity index is 2.52. The summed E-state index contributed by atoms with van der Waals surface area (Å²) in [5, 5.41) is 18.7. The molecule has 3 nitrogen and oxygen atoms in total. The standard InChI is InChI=1S/C15H24O3/c1-10(9-16)5-4-6-11(2)13-8-14(17)12(3)7-15(13)18/h5,7,11,13-14,16-17H,4,6,8-9H2,1-3H3/t11-,13-,14+/m1/s1. The fourth-order valence-electron chi connectivity index (χ4n) is 2.34. The summed E-state index contributed by atoms with van der Waals surface area (Å²) < 4.78 is 0. The molecule has 0 aromatic heterocycles. The lowest BCUT2D eigenvalue weighted by molar-refractivity contribution is -0.121. The van der Waals surface area contributed by atoms with Gasteiger partial charge in [0.2, 0.25) is 0 Å². The summed E-state index contributed by atoms with van der Waals surface area (Å²) in [5.74, 6) is 0.346. The molecule has 0 spiro atoms. The summed E-state index contributed by atoms with van der Waals surface area (Å²) in [6.45, 7) is 5.85. The first-order valence-electron chi connectivity index (χ1n) is 6.62. The van der Waals surface area contributed by atoms with Gasteiger partial charge in [0, 0.05) is 5.92 Å². The van der Waals surface area contributed by atoms with Gasteiger partial charge in [0.25, 0.3) is 0 Å². The van der Waals surface area contributed by atoms with E-state index >= 15 is 0 Å². The molecule has 1 aliphatic rings. The first-order chi connectivity index (χ1) is 8.45. The van der Waals surface area contributed by atoms with E-state index in [1.807, 2.05) is 13.0 Å². The minimum atomic E-state index is -0.468. The van der Waals surface area contributed by atoms with E-state index in [1.54, 1.807) is 13.0 Å². The highest BCUT2D eigenvalue weighted by molar-refractivity contribution is 5.93. The van der Waals surface area contributed by atoms with Crippen molar-refractivity contribution < 1.29 is 15.0 Å². The molecule has 102 valence electrons. The van der Waals surface area contributed by atoms with Crippen LogP contribution in [0.5, 0.6) is 0 Å². The average molecular weight is 252 g/mol. The second-order valence-corrected chi connectivity index (χ2v) is 5.41. The van der Waals surface area contributed by atoms with Gasteiger partial charge in [-0.05, 0) is 50.7 Å². The molecule has 0 radical (unpaired) electrons. The molecule has 0 bridgehead atoms. The maximum absolute atomic E-state index is 11.9. The van der Waals surface area contributed by atoms with Crippen LogP contribution >= 0.6 is 0 Å². The highest BCUT2D eigenvalue weighted by Gasteiger charge is 2.30. The van der Waals surface area contributed by atoms with Crippen molar-refractivity contribution in [3.63, 3.8) is 0 Å². The number of rotatable bonds is 5. The number of carbonyl (C=O) groups is 1. The van der Waals surface area contributed by atoms with Crippen LogP contribution in [0.3, 0.4) is 0 Å². The molecule has 3 heteroatoms. The third-order valence-corrected chi connectivity index (χ3v) is 3.79. The summed E-state index contributed by atoms with van der Waals surface area (Å²) >= 11 is 0. The van der Waals surface area contributed by atoms with Crippen molar-refractivity contribution in [1.29, 1.82) is 0 Å². The smallest absolute Gasteiger partial charge is 0.159 e. The number of allylic oxidation sites excluding steroid dienone is 2. The predicted molar refractivity (Wildman–Crippen MR) is 72.1 cm³/mol. The molecule has 0 amide bonds. The molecule has 1 aliphatic carbocycles. The SMILES string of the molecule is CC(=CCC[C@@H](C)[C@H]1C[C@H](O)C(C)=CC1=O)CO. The molecule has 0 saturated carbocycles. The number of aliphatic hydroxyl groups is 2. The fraction of sp³-hybridized carbons (Fsp3) is 0.667. The Hall–Kier alpha value is -0.930. The van der Waals surface area contributed by atoms with Crippen LogP contribution in [-0.4, -0.2) is 28.7 Å². The van der Waals surface area contributed by atoms with Gasteiger partial charge in [0.1, 0.15) is 0 Å². The minimum Gasteiger partial charge on any atom is -0.392 e. The summed E-state index contributed by atoms with van der Waals surface area (Å²) in [6.07, 6.45) is 5.46. The van der Waals surface area contributed by atoms with E-state index in [0.29, 0.717) is 6.42 Å². The van der Waals surface area contributed by atoms with Gasteiger partial charge in [0.15, 0.2) is 5.78 Å². The number of ketones is 1. The molecule has 0 unspecified atom stereocenters. The topological polar surface area (TPSA) is 57.5 Å². The van der Waals surface area contributed by atoms with E-state index in [9.17, 15) is 9.90 Å². The lowest BCUT2D eigenvalue weighted by atomic mass is 9.78. The highest BCUT2D eigenvalue weighted by atomic mass is 16.3. The van der Waals surface area contributed by atoms with Crippen molar-refractivity contribution >= 4 is 5.78 Å². The quantitative estimate of drug-likeness (QED) is 0.738. The molecular formula is C15H24O3. The molecule has 2 N–H and O–H groups in total. The van der Waals surface area contributed by atoms with Crippen LogP contribution in [0.25, 0.3) is 0 Å². The van der Waals surface area contributed by atoms with E-state index in [0.717, 1.165) is 24.0 Å². The largest absolute Gasteiger partial charge is 0.392 e. The summed E-state index contributed by atoms with van der Waals surface area (Å²) in [6, 6.07) is 0. The van der Waals surface area contributed by atoms with Crippen molar-refractivity contribution in [1.82, 2.24) is 0 Å². The van der Waals surface area contributed by atoms with Gasteiger partial charge in [-0.25, -0.2) is 0 Å². The summed E-state index contributed by atoms with van der Waals surface area (Å²) in [7, 11) is 0. The Bertz CT molecular complexity index is 355. The van der Waals surface area contributed by atoms with Crippen molar-refractivity contribution in [3.8, 4) is 0 Å². The van der Waals surface area contributed by atoms with Crippen LogP contribution in [0, 0.1) is 11.8 Å². The normalized spacial score (nSPS) is 27.1. The molecule has 0 fully saturated rings. The van der Waals surface area contributed by atoms with Gasteiger partial charge >= 0.3 is 0 Å². The van der Waals surface area contributed by atoms with E-state index in [1.165, 1.54) is 0 Å². The Labute approximate surface area is 109 Å². The lowest BCUT2D eigenvalue weighted by Crippen LogP contribution is -2.30. The van der Waals surface area contributed by atoms with E-state index in [-0.39, 0.29) is 24.2 Å². The van der Waals surface area contributed by atoms with Crippen LogP contribution in [0.4, 0.5) is 0 Å². The Morgan fingerprint density at radius 1 is 1.61 bits per heavy atom. The molecule has 0 aromatic carbocycles. The zero-order valence-electron chi connectivity index (χ0n) is 11.5. The van der Waals surface area contributed by atoms with Gasteiger partial charge in [-0.15, -0.1) is 0 Å². The van der Waals surface area contributed by atoms with Gasteiger partial charge in [-0.3, -0.25) is 4.79 Å². The Morgan fingerprint density at radius 3 is 2.89 bits per heavy atom. The van der Waals surface area contributed by atoms with E-state index < -0.39 is 6.10 Å². The third kappa shape index (κ3) is 4.07. The van der Waals surface area contributed by atoms with Gasteiger partial charge in [0.05, 0.1) is 12.7 Å². The van der Waals surface area contributed by atoms with Gasteiger partial charge in [-0.1, -0.05) is 18.6 Å². The van der Waals surface area contributed by atoms with Gasteiger partial charge < -0.3 is 10.2 Å². The number of aliphatic hydroxyl groups excluding tert-OH is 2. The summed E-state index contributed by atoms with van der Waals surface area (Å²) in [4.78, 5) is 11.9. The first kappa shape index (κ1) is 15.1. The Morgan fingerprint density at radius 2 is 2.28 bits per heavy atom. The maximum atomic E-state index is 11.9. The van der Waals surface area contributed by atoms with E-state index in [4.69, 9.17) is 5.11 Å². The van der Waals surface area contributed by atoms with Crippen molar-refractivity contribution in [3.05, 3.63) is 23.3 Å². The van der Waals surface area contributed by atoms with Crippen LogP contribution in [0.2, 0.25) is 0 Å². The average Bonchev–Trinajstić information content (AvgIpc) is 2.33. The van der Waals surface area contributed by atoms with Crippen LogP contribution in [0.15, 0.2) is 23.3 Å². The first-order valence-corrected chi connectivity index (χ1v) is 6.62. The third-order valence-electron chi connectivity index (χ3n) is 3.79. The zero-order valence-corrected chi connectivity index (χ0v) is 11.5. The van der Waals surface area contributed by atoms with E-state index in [2.05, 4.69) is 6.92 Å². The van der Waals surface area contributed by atoms with Gasteiger partial charge in [-0.2, -0.15) is 0 Å². The van der Waals surface area contributed by atoms with Crippen LogP contribution < -0.4 is 0 Å². The predicted octanol–water partition coefficient (Wildman–Crippen LogP) is 2.24. The second-order valence-electron chi connectivity index (χ2n) is 5.41. The summed E-state index contributed by atoms with van der Waals surface area (Å²) in [5.41, 5.74) is 1.74. The monoisotopic (exact) mass is 252 g/mol. The highest BCUT2D eigenvalue weighted by Crippen LogP contribution is 2.29. The number of hydrogen-bond acceptors (Lipinski definition) is 3. The molecule has 1 rings (SSSR count). The van der Waals surface area contributed by atoms with Crippen molar-refractivity contribution in [2.75, 3.05) is 6.61 Å². The molecule has 0 aliphatic heterocycles. The van der Waals surface area contributed by atoms with Crippen molar-refractivity contribution in [2.45, 2.75) is 46.1 Å². The molecule has 0 aromatic rings. The second kappa shape index (κ2) is 6.86. The molecule has 0 saturated heterocycles. The molecular weight excluding hydrogens is 228 g/mol.